The molecule has 4 N–H and O–H groups in total. The van der Waals surface area contributed by atoms with Crippen molar-refractivity contribution in [3.63, 3.8) is 0 Å². The van der Waals surface area contributed by atoms with Crippen LogP contribution in [0.25, 0.3) is 0 Å². The molecule has 10 nitrogen and oxygen atoms in total. The first kappa shape index (κ1) is 23.8. The predicted octanol–water partition coefficient (Wildman–Crippen LogP) is 0.353. The second-order valence-electron chi connectivity index (χ2n) is 9.39. The summed E-state index contributed by atoms with van der Waals surface area (Å²) < 4.78 is 0. The highest BCUT2D eigenvalue weighted by molar-refractivity contribution is 5.99. The number of amides is 3. The third-order valence-electron chi connectivity index (χ3n) is 7.24. The predicted molar refractivity (Wildman–Crippen MR) is 126 cm³/mol. The minimum atomic E-state index is -0.579. The highest BCUT2D eigenvalue weighted by Gasteiger charge is 2.48. The second-order valence-corrected chi connectivity index (χ2v) is 9.39. The number of piperazine rings is 1. The van der Waals surface area contributed by atoms with Crippen molar-refractivity contribution in [2.45, 2.75) is 50.6 Å². The Morgan fingerprint density at radius 3 is 2.56 bits per heavy atom. The number of nitrogens with zero attached hydrogens (tertiary/aromatic N) is 4. The molecule has 10 heteroatoms. The van der Waals surface area contributed by atoms with E-state index in [1.54, 1.807) is 4.90 Å². The van der Waals surface area contributed by atoms with E-state index in [9.17, 15) is 14.4 Å². The third-order valence-corrected chi connectivity index (χ3v) is 7.24. The topological polar surface area (TPSA) is 132 Å². The number of carbonyl (C=O) groups excluding carboxylic acids is 3. The number of oxime groups is 1. The summed E-state index contributed by atoms with van der Waals surface area (Å²) in [5, 5.41) is 14.8. The zero-order valence-corrected chi connectivity index (χ0v) is 19.4. The molecule has 1 unspecified atom stereocenters. The van der Waals surface area contributed by atoms with Crippen LogP contribution in [0.15, 0.2) is 35.5 Å². The molecule has 3 fully saturated rings. The van der Waals surface area contributed by atoms with E-state index in [0.29, 0.717) is 44.9 Å². The number of hydrogen-bond donors (Lipinski definition) is 3. The number of rotatable bonds is 7. The van der Waals surface area contributed by atoms with Crippen molar-refractivity contribution in [3.8, 4) is 0 Å². The molecule has 0 aromatic heterocycles. The van der Waals surface area contributed by atoms with Crippen LogP contribution >= 0.6 is 0 Å². The highest BCUT2D eigenvalue weighted by Crippen LogP contribution is 2.29. The molecule has 0 spiro atoms. The lowest BCUT2D eigenvalue weighted by Gasteiger charge is -2.38. The lowest BCUT2D eigenvalue weighted by atomic mass is 9.97. The van der Waals surface area contributed by atoms with Crippen molar-refractivity contribution in [1.29, 1.82) is 0 Å². The summed E-state index contributed by atoms with van der Waals surface area (Å²) in [5.74, 6) is 0.0390. The maximum Gasteiger partial charge on any atom is 0.245 e. The smallest absolute Gasteiger partial charge is 0.245 e. The van der Waals surface area contributed by atoms with E-state index in [2.05, 4.69) is 22.6 Å². The summed E-state index contributed by atoms with van der Waals surface area (Å²) in [6.07, 6.45) is 4.33. The number of benzene rings is 1. The molecule has 4 rings (SSSR count). The summed E-state index contributed by atoms with van der Waals surface area (Å²) >= 11 is 0. The van der Waals surface area contributed by atoms with Crippen molar-refractivity contribution in [1.82, 2.24) is 20.0 Å². The fourth-order valence-corrected chi connectivity index (χ4v) is 5.29. The minimum absolute atomic E-state index is 0.0419. The van der Waals surface area contributed by atoms with E-state index in [1.165, 1.54) is 10.5 Å². The van der Waals surface area contributed by atoms with Gasteiger partial charge in [-0.3, -0.25) is 14.4 Å². The first-order valence-corrected chi connectivity index (χ1v) is 12.1. The van der Waals surface area contributed by atoms with Gasteiger partial charge in [-0.1, -0.05) is 35.5 Å². The second kappa shape index (κ2) is 10.8. The number of fused-ring (bicyclic) bond motifs is 1. The Kier molecular flexibility index (Phi) is 7.54. The van der Waals surface area contributed by atoms with Crippen LogP contribution in [0, 0.1) is 5.92 Å². The molecule has 1 aromatic carbocycles. The van der Waals surface area contributed by atoms with Gasteiger partial charge in [0, 0.05) is 26.2 Å². The molecule has 3 aliphatic heterocycles. The van der Waals surface area contributed by atoms with Gasteiger partial charge < -0.3 is 31.0 Å². The number of carbonyl (C=O) groups is 3. The van der Waals surface area contributed by atoms with Gasteiger partial charge in [-0.2, -0.15) is 0 Å². The Balaban J connectivity index is 1.25. The van der Waals surface area contributed by atoms with E-state index in [4.69, 9.17) is 10.9 Å². The summed E-state index contributed by atoms with van der Waals surface area (Å²) in [4.78, 5) is 43.8. The molecule has 3 amide bonds. The van der Waals surface area contributed by atoms with Crippen LogP contribution in [0.3, 0.4) is 0 Å². The summed E-state index contributed by atoms with van der Waals surface area (Å²) in [7, 11) is 0. The average molecular weight is 471 g/mol. The van der Waals surface area contributed by atoms with Gasteiger partial charge in [-0.05, 0) is 50.0 Å². The van der Waals surface area contributed by atoms with Gasteiger partial charge in [-0.25, -0.2) is 0 Å². The van der Waals surface area contributed by atoms with E-state index < -0.39 is 12.1 Å². The summed E-state index contributed by atoms with van der Waals surface area (Å²) in [5.41, 5.74) is 6.85. The first-order chi connectivity index (χ1) is 16.5. The van der Waals surface area contributed by atoms with Crippen LogP contribution < -0.4 is 11.1 Å². The van der Waals surface area contributed by atoms with Crippen LogP contribution in [-0.2, 0) is 20.8 Å². The van der Waals surface area contributed by atoms with Crippen molar-refractivity contribution < 1.29 is 19.6 Å². The molecule has 1 aromatic rings. The van der Waals surface area contributed by atoms with Gasteiger partial charge in [0.15, 0.2) is 0 Å². The lowest BCUT2D eigenvalue weighted by molar-refractivity contribution is -0.157. The quantitative estimate of drug-likeness (QED) is 0.228. The Hall–Kier alpha value is -3.30. The van der Waals surface area contributed by atoms with Crippen LogP contribution in [-0.4, -0.2) is 88.4 Å². The number of likely N-dealkylation sites (tertiary alicyclic amines) is 1. The number of aryl methyl sites for hydroxylation is 1. The number of guanidine groups is 1. The Labute approximate surface area is 199 Å². The fraction of sp³-hybridized carbons (Fsp3) is 0.583. The van der Waals surface area contributed by atoms with Crippen LogP contribution in [0.5, 0.6) is 0 Å². The molecule has 34 heavy (non-hydrogen) atoms. The van der Waals surface area contributed by atoms with Gasteiger partial charge in [0.1, 0.15) is 12.1 Å². The highest BCUT2D eigenvalue weighted by atomic mass is 16.4. The molecule has 184 valence electrons. The summed E-state index contributed by atoms with van der Waals surface area (Å²) in [6.45, 7) is 2.44. The maximum atomic E-state index is 13.0. The first-order valence-electron chi connectivity index (χ1n) is 12.1. The monoisotopic (exact) mass is 470 g/mol. The van der Waals surface area contributed by atoms with Crippen molar-refractivity contribution in [2.75, 3.05) is 32.7 Å². The zero-order chi connectivity index (χ0) is 24.1. The largest absolute Gasteiger partial charge is 0.408 e. The molecule has 0 bridgehead atoms. The standard InChI is InChI=1S/C24H34N6O4/c25-24(27-34)28-13-10-18(11-14-28)15-26-22(32)19-8-9-20-23(33)29(16-21(31)30(19)20)12-4-7-17-5-2-1-3-6-17/h1-3,5-6,18-20,34H,4,7-16H2,(H2,25,27)(H,26,32)/t19-,20?/m0/s1. The van der Waals surface area contributed by atoms with Crippen LogP contribution in [0.2, 0.25) is 0 Å². The van der Waals surface area contributed by atoms with Crippen LogP contribution in [0.4, 0.5) is 0 Å². The zero-order valence-electron chi connectivity index (χ0n) is 19.4. The van der Waals surface area contributed by atoms with Gasteiger partial charge >= 0.3 is 0 Å². The van der Waals surface area contributed by atoms with Crippen molar-refractivity contribution in [3.05, 3.63) is 35.9 Å². The van der Waals surface area contributed by atoms with Crippen molar-refractivity contribution >= 4 is 23.7 Å². The van der Waals surface area contributed by atoms with E-state index in [1.807, 2.05) is 23.1 Å². The molecular weight excluding hydrogens is 436 g/mol. The normalized spacial score (nSPS) is 23.9. The SMILES string of the molecule is NC(=NO)N1CCC(CNC(=O)[C@@H]2CCC3C(=O)N(CCCc4ccccc4)CC(=O)N32)CC1. The van der Waals surface area contributed by atoms with E-state index in [-0.39, 0.29) is 30.2 Å². The Morgan fingerprint density at radius 1 is 1.12 bits per heavy atom. The van der Waals surface area contributed by atoms with Crippen molar-refractivity contribution in [2.24, 2.45) is 16.8 Å². The fourth-order valence-electron chi connectivity index (χ4n) is 5.29. The van der Waals surface area contributed by atoms with E-state index >= 15 is 0 Å². The molecule has 0 saturated carbocycles. The van der Waals surface area contributed by atoms with Gasteiger partial charge in [0.2, 0.25) is 23.7 Å². The number of nitrogens with two attached hydrogens (primary N) is 1. The maximum absolute atomic E-state index is 13.0. The summed E-state index contributed by atoms with van der Waals surface area (Å²) in [6, 6.07) is 8.99. The average Bonchev–Trinajstić information content (AvgIpc) is 3.32. The number of piperidine rings is 1. The van der Waals surface area contributed by atoms with Gasteiger partial charge in [0.05, 0.1) is 6.54 Å². The third kappa shape index (κ3) is 5.26. The lowest BCUT2D eigenvalue weighted by Crippen LogP contribution is -2.61. The molecule has 3 saturated heterocycles. The molecule has 2 atom stereocenters. The molecule has 3 heterocycles. The molecule has 0 radical (unpaired) electrons. The Morgan fingerprint density at radius 2 is 1.85 bits per heavy atom. The Bertz CT molecular complexity index is 915. The van der Waals surface area contributed by atoms with Crippen LogP contribution in [0.1, 0.15) is 37.7 Å². The van der Waals surface area contributed by atoms with E-state index in [0.717, 1.165) is 25.7 Å². The molecular formula is C24H34N6O4. The molecule has 3 aliphatic rings. The molecule has 0 aliphatic carbocycles. The van der Waals surface area contributed by atoms with Gasteiger partial charge in [-0.15, -0.1) is 0 Å². The minimum Gasteiger partial charge on any atom is -0.408 e. The number of hydrogen-bond acceptors (Lipinski definition) is 5. The van der Waals surface area contributed by atoms with Gasteiger partial charge in [0.25, 0.3) is 0 Å². The number of nitrogens with one attached hydrogen (secondary N) is 1.